The van der Waals surface area contributed by atoms with E-state index in [1.165, 1.54) is 12.8 Å². The van der Waals surface area contributed by atoms with Crippen molar-refractivity contribution in [2.45, 2.75) is 45.6 Å². The normalized spacial score (nSPS) is 19.0. The lowest BCUT2D eigenvalue weighted by Crippen LogP contribution is -2.46. The van der Waals surface area contributed by atoms with Gasteiger partial charge in [-0.05, 0) is 50.7 Å². The van der Waals surface area contributed by atoms with Crippen LogP contribution in [0.15, 0.2) is 18.3 Å². The quantitative estimate of drug-likeness (QED) is 0.877. The SMILES string of the molecule is CCOC(=O)N1CCC(NC(=O)c2cc(N3CCC(C)CC3)ccn2)CC1. The molecular formula is C20H30N4O3. The number of nitrogens with one attached hydrogen (secondary N) is 1. The van der Waals surface area contributed by atoms with E-state index >= 15 is 0 Å². The van der Waals surface area contributed by atoms with Crippen molar-refractivity contribution in [3.05, 3.63) is 24.0 Å². The number of amides is 2. The zero-order valence-electron chi connectivity index (χ0n) is 16.3. The molecule has 0 atom stereocenters. The number of aromatic nitrogens is 1. The number of hydrogen-bond acceptors (Lipinski definition) is 5. The van der Waals surface area contributed by atoms with Gasteiger partial charge in [-0.15, -0.1) is 0 Å². The predicted molar refractivity (Wildman–Crippen MR) is 104 cm³/mol. The highest BCUT2D eigenvalue weighted by Crippen LogP contribution is 2.23. The van der Waals surface area contributed by atoms with Crippen molar-refractivity contribution >= 4 is 17.7 Å². The van der Waals surface area contributed by atoms with Gasteiger partial charge >= 0.3 is 6.09 Å². The second-order valence-electron chi connectivity index (χ2n) is 7.50. The zero-order valence-corrected chi connectivity index (χ0v) is 16.3. The van der Waals surface area contributed by atoms with Crippen LogP contribution in [0.25, 0.3) is 0 Å². The molecule has 0 unspecified atom stereocenters. The third kappa shape index (κ3) is 5.11. The summed E-state index contributed by atoms with van der Waals surface area (Å²) in [6, 6.07) is 3.92. The molecule has 1 N–H and O–H groups in total. The molecule has 2 aliphatic heterocycles. The molecule has 0 bridgehead atoms. The summed E-state index contributed by atoms with van der Waals surface area (Å²) in [5.41, 5.74) is 1.53. The van der Waals surface area contributed by atoms with Gasteiger partial charge in [-0.25, -0.2) is 4.79 Å². The predicted octanol–water partition coefficient (Wildman–Crippen LogP) is 2.67. The molecule has 1 aromatic rings. The zero-order chi connectivity index (χ0) is 19.2. The van der Waals surface area contributed by atoms with Crippen LogP contribution >= 0.6 is 0 Å². The van der Waals surface area contributed by atoms with Crippen molar-refractivity contribution < 1.29 is 14.3 Å². The van der Waals surface area contributed by atoms with Crippen LogP contribution in [0.5, 0.6) is 0 Å². The number of hydrogen-bond donors (Lipinski definition) is 1. The van der Waals surface area contributed by atoms with Crippen LogP contribution < -0.4 is 10.2 Å². The first kappa shape index (κ1) is 19.5. The van der Waals surface area contributed by atoms with Gasteiger partial charge in [-0.3, -0.25) is 9.78 Å². The Labute approximate surface area is 161 Å². The first-order valence-corrected chi connectivity index (χ1v) is 10.0. The fourth-order valence-corrected chi connectivity index (χ4v) is 3.69. The fourth-order valence-electron chi connectivity index (χ4n) is 3.69. The maximum absolute atomic E-state index is 12.6. The number of likely N-dealkylation sites (tertiary alicyclic amines) is 1. The molecule has 0 saturated carbocycles. The Morgan fingerprint density at radius 2 is 1.89 bits per heavy atom. The van der Waals surface area contributed by atoms with E-state index in [-0.39, 0.29) is 18.0 Å². The highest BCUT2D eigenvalue weighted by atomic mass is 16.6. The summed E-state index contributed by atoms with van der Waals surface area (Å²) in [4.78, 5) is 32.7. The molecule has 27 heavy (non-hydrogen) atoms. The summed E-state index contributed by atoms with van der Waals surface area (Å²) in [5, 5.41) is 3.07. The van der Waals surface area contributed by atoms with Crippen LogP contribution in [0.3, 0.4) is 0 Å². The first-order chi connectivity index (χ1) is 13.1. The number of piperidine rings is 2. The van der Waals surface area contributed by atoms with Gasteiger partial charge in [0.2, 0.25) is 0 Å². The van der Waals surface area contributed by atoms with Crippen molar-refractivity contribution in [3.8, 4) is 0 Å². The van der Waals surface area contributed by atoms with Crippen molar-refractivity contribution in [1.29, 1.82) is 0 Å². The summed E-state index contributed by atoms with van der Waals surface area (Å²) in [7, 11) is 0. The Balaban J connectivity index is 1.53. The highest BCUT2D eigenvalue weighted by Gasteiger charge is 2.25. The number of carbonyl (C=O) groups excluding carboxylic acids is 2. The molecule has 7 nitrogen and oxygen atoms in total. The summed E-state index contributed by atoms with van der Waals surface area (Å²) >= 11 is 0. The molecule has 0 aromatic carbocycles. The summed E-state index contributed by atoms with van der Waals surface area (Å²) in [6.45, 7) is 7.73. The monoisotopic (exact) mass is 374 g/mol. The van der Waals surface area contributed by atoms with Crippen molar-refractivity contribution in [2.24, 2.45) is 5.92 Å². The largest absolute Gasteiger partial charge is 0.450 e. The van der Waals surface area contributed by atoms with E-state index in [1.54, 1.807) is 18.0 Å². The second kappa shape index (κ2) is 9.06. The van der Waals surface area contributed by atoms with Crippen LogP contribution in [-0.4, -0.2) is 60.7 Å². The Kier molecular flexibility index (Phi) is 6.53. The van der Waals surface area contributed by atoms with Crippen LogP contribution in [0, 0.1) is 5.92 Å². The minimum Gasteiger partial charge on any atom is -0.450 e. The summed E-state index contributed by atoms with van der Waals surface area (Å²) in [5.74, 6) is 0.628. The fraction of sp³-hybridized carbons (Fsp3) is 0.650. The van der Waals surface area contributed by atoms with Crippen LogP contribution in [0.1, 0.15) is 50.0 Å². The number of ether oxygens (including phenoxy) is 1. The van der Waals surface area contributed by atoms with E-state index in [0.717, 1.165) is 37.5 Å². The number of pyridine rings is 1. The molecule has 7 heteroatoms. The van der Waals surface area contributed by atoms with E-state index in [1.807, 2.05) is 12.1 Å². The Morgan fingerprint density at radius 3 is 2.56 bits per heavy atom. The number of anilines is 1. The summed E-state index contributed by atoms with van der Waals surface area (Å²) < 4.78 is 5.03. The van der Waals surface area contributed by atoms with Gasteiger partial charge in [0, 0.05) is 44.1 Å². The Hall–Kier alpha value is -2.31. The molecule has 3 rings (SSSR count). The molecule has 2 aliphatic rings. The maximum atomic E-state index is 12.6. The molecule has 0 aliphatic carbocycles. The molecule has 2 fully saturated rings. The van der Waals surface area contributed by atoms with Crippen LogP contribution in [-0.2, 0) is 4.74 Å². The smallest absolute Gasteiger partial charge is 0.409 e. The summed E-state index contributed by atoms with van der Waals surface area (Å²) in [6.07, 6.45) is 5.27. The minimum atomic E-state index is -0.271. The van der Waals surface area contributed by atoms with Gasteiger partial charge in [0.15, 0.2) is 0 Å². The molecule has 3 heterocycles. The van der Waals surface area contributed by atoms with E-state index in [4.69, 9.17) is 4.74 Å². The molecule has 1 aromatic heterocycles. The van der Waals surface area contributed by atoms with Gasteiger partial charge < -0.3 is 19.9 Å². The third-order valence-electron chi connectivity index (χ3n) is 5.48. The minimum absolute atomic E-state index is 0.0597. The first-order valence-electron chi connectivity index (χ1n) is 10.0. The van der Waals surface area contributed by atoms with Crippen molar-refractivity contribution in [2.75, 3.05) is 37.7 Å². The van der Waals surface area contributed by atoms with E-state index in [9.17, 15) is 9.59 Å². The third-order valence-corrected chi connectivity index (χ3v) is 5.48. The lowest BCUT2D eigenvalue weighted by molar-refractivity contribution is 0.0856. The average molecular weight is 374 g/mol. The molecule has 0 spiro atoms. The van der Waals surface area contributed by atoms with Crippen LogP contribution in [0.4, 0.5) is 10.5 Å². The molecule has 2 saturated heterocycles. The number of nitrogens with zero attached hydrogens (tertiary/aromatic N) is 3. The second-order valence-corrected chi connectivity index (χ2v) is 7.50. The van der Waals surface area contributed by atoms with E-state index < -0.39 is 0 Å². The Bertz CT molecular complexity index is 650. The standard InChI is InChI=1S/C20H30N4O3/c1-3-27-20(26)24-12-7-16(8-13-24)22-19(25)18-14-17(4-9-21-18)23-10-5-15(2)6-11-23/h4,9,14-16H,3,5-8,10-13H2,1-2H3,(H,22,25). The van der Waals surface area contributed by atoms with Gasteiger partial charge in [0.05, 0.1) is 6.61 Å². The molecular weight excluding hydrogens is 344 g/mol. The molecule has 0 radical (unpaired) electrons. The lowest BCUT2D eigenvalue weighted by Gasteiger charge is -2.32. The van der Waals surface area contributed by atoms with Gasteiger partial charge in [0.1, 0.15) is 5.69 Å². The average Bonchev–Trinajstić information content (AvgIpc) is 2.69. The van der Waals surface area contributed by atoms with Crippen LogP contribution in [0.2, 0.25) is 0 Å². The molecule has 148 valence electrons. The van der Waals surface area contributed by atoms with E-state index in [2.05, 4.69) is 22.1 Å². The van der Waals surface area contributed by atoms with Crippen molar-refractivity contribution in [1.82, 2.24) is 15.2 Å². The number of rotatable bonds is 4. The Morgan fingerprint density at radius 1 is 1.19 bits per heavy atom. The topological polar surface area (TPSA) is 74.8 Å². The van der Waals surface area contributed by atoms with Crippen molar-refractivity contribution in [3.63, 3.8) is 0 Å². The van der Waals surface area contributed by atoms with E-state index in [0.29, 0.717) is 25.4 Å². The lowest BCUT2D eigenvalue weighted by atomic mass is 9.99. The van der Waals surface area contributed by atoms with Gasteiger partial charge in [0.25, 0.3) is 5.91 Å². The van der Waals surface area contributed by atoms with Gasteiger partial charge in [-0.2, -0.15) is 0 Å². The highest BCUT2D eigenvalue weighted by molar-refractivity contribution is 5.93. The maximum Gasteiger partial charge on any atom is 0.409 e. The number of carbonyl (C=O) groups is 2. The molecule has 2 amide bonds. The van der Waals surface area contributed by atoms with Gasteiger partial charge in [-0.1, -0.05) is 6.92 Å².